The van der Waals surface area contributed by atoms with Crippen LogP contribution >= 0.6 is 11.6 Å². The van der Waals surface area contributed by atoms with Gasteiger partial charge in [-0.2, -0.15) is 0 Å². The number of carbonyl (C=O) groups excluding carboxylic acids is 1. The van der Waals surface area contributed by atoms with Gasteiger partial charge in [0.15, 0.2) is 0 Å². The zero-order valence-corrected chi connectivity index (χ0v) is 16.8. The van der Waals surface area contributed by atoms with Crippen LogP contribution in [0, 0.1) is 0 Å². The lowest BCUT2D eigenvalue weighted by atomic mass is 9.87. The molecule has 0 bridgehead atoms. The van der Waals surface area contributed by atoms with Gasteiger partial charge in [-0.05, 0) is 48.9 Å². The van der Waals surface area contributed by atoms with Crippen molar-refractivity contribution in [2.45, 2.75) is 18.4 Å². The summed E-state index contributed by atoms with van der Waals surface area (Å²) in [4.78, 5) is 14.4. The van der Waals surface area contributed by atoms with Gasteiger partial charge in [0.2, 0.25) is 5.91 Å². The van der Waals surface area contributed by atoms with Crippen molar-refractivity contribution in [3.05, 3.63) is 53.1 Å². The number of hydrogen-bond donors (Lipinski definition) is 2. The lowest BCUT2D eigenvalue weighted by Gasteiger charge is -2.35. The zero-order valence-electron chi connectivity index (χ0n) is 16.0. The van der Waals surface area contributed by atoms with Gasteiger partial charge in [-0.3, -0.25) is 9.69 Å². The summed E-state index contributed by atoms with van der Waals surface area (Å²) in [6.07, 6.45) is 0.219. The molecule has 2 aromatic carbocycles. The molecular weight excluding hydrogens is 380 g/mol. The van der Waals surface area contributed by atoms with Crippen molar-refractivity contribution in [2.75, 3.05) is 39.2 Å². The molecule has 2 aromatic rings. The van der Waals surface area contributed by atoms with Gasteiger partial charge in [0.1, 0.15) is 11.5 Å². The number of nitrogens with one attached hydrogen (secondary N) is 1. The lowest BCUT2D eigenvalue weighted by molar-refractivity contribution is -0.118. The van der Waals surface area contributed by atoms with E-state index in [9.17, 15) is 9.90 Å². The smallest absolute Gasteiger partial charge is 0.238 e. The normalized spacial score (nSPS) is 19.9. The van der Waals surface area contributed by atoms with Gasteiger partial charge >= 0.3 is 0 Å². The molecule has 1 aliphatic rings. The highest BCUT2D eigenvalue weighted by atomic mass is 35.5. The first-order valence-electron chi connectivity index (χ1n) is 9.18. The second-order valence-electron chi connectivity index (χ2n) is 6.87. The fourth-order valence-corrected chi connectivity index (χ4v) is 3.74. The molecule has 7 heteroatoms. The van der Waals surface area contributed by atoms with Crippen molar-refractivity contribution in [3.63, 3.8) is 0 Å². The predicted octanol–water partition coefficient (Wildman–Crippen LogP) is 3.15. The Hall–Kier alpha value is -2.28. The van der Waals surface area contributed by atoms with E-state index in [1.165, 1.54) is 0 Å². The first-order chi connectivity index (χ1) is 13.5. The third-order valence-electron chi connectivity index (χ3n) is 4.99. The van der Waals surface area contributed by atoms with Gasteiger partial charge < -0.3 is 19.9 Å². The molecule has 0 saturated carbocycles. The number of benzene rings is 2. The Bertz CT molecular complexity index is 830. The molecule has 1 aliphatic heterocycles. The topological polar surface area (TPSA) is 71.0 Å². The molecule has 6 nitrogen and oxygen atoms in total. The molecule has 3 rings (SSSR count). The summed E-state index contributed by atoms with van der Waals surface area (Å²) < 4.78 is 10.5. The number of rotatable bonds is 6. The van der Waals surface area contributed by atoms with Crippen molar-refractivity contribution >= 4 is 23.2 Å². The maximum absolute atomic E-state index is 12.5. The summed E-state index contributed by atoms with van der Waals surface area (Å²) >= 11 is 6.00. The number of nitrogens with zero attached hydrogens (tertiary/aromatic N) is 1. The van der Waals surface area contributed by atoms with Gasteiger partial charge in [-0.1, -0.05) is 23.7 Å². The average molecular weight is 405 g/mol. The van der Waals surface area contributed by atoms with E-state index >= 15 is 0 Å². The van der Waals surface area contributed by atoms with E-state index in [4.69, 9.17) is 21.1 Å². The highest BCUT2D eigenvalue weighted by Gasteiger charge is 2.30. The number of aliphatic hydroxyl groups is 1. The van der Waals surface area contributed by atoms with E-state index in [-0.39, 0.29) is 18.4 Å². The number of amides is 1. The molecule has 1 heterocycles. The fourth-order valence-electron chi connectivity index (χ4n) is 3.57. The van der Waals surface area contributed by atoms with Crippen LogP contribution in [0.5, 0.6) is 11.5 Å². The maximum Gasteiger partial charge on any atom is 0.238 e. The van der Waals surface area contributed by atoms with Crippen LogP contribution in [0.4, 0.5) is 5.69 Å². The number of ether oxygens (including phenoxy) is 2. The molecule has 2 atom stereocenters. The van der Waals surface area contributed by atoms with Gasteiger partial charge in [-0.15, -0.1) is 0 Å². The number of carbonyl (C=O) groups is 1. The molecule has 0 aromatic heterocycles. The monoisotopic (exact) mass is 404 g/mol. The van der Waals surface area contributed by atoms with Crippen LogP contribution in [0.25, 0.3) is 0 Å². The van der Waals surface area contributed by atoms with Crippen LogP contribution in [0.2, 0.25) is 5.02 Å². The Morgan fingerprint density at radius 1 is 1.25 bits per heavy atom. The van der Waals surface area contributed by atoms with Crippen LogP contribution in [0.3, 0.4) is 0 Å². The molecular formula is C21H25ClN2O4. The van der Waals surface area contributed by atoms with E-state index in [0.717, 1.165) is 24.3 Å². The standard InChI is InChI=1S/C21H25ClN2O4/c1-27-16-5-3-4-14(10-16)17-8-9-24(12-19(17)25)13-21(26)23-18-11-15(22)6-7-20(18)28-2/h3-7,10-11,17,19,25H,8-9,12-13H2,1-2H3,(H,23,26)/t17-,19+/m1/s1. The Balaban J connectivity index is 1.58. The minimum Gasteiger partial charge on any atom is -0.497 e. The number of methoxy groups -OCH3 is 2. The Labute approximate surface area is 170 Å². The van der Waals surface area contributed by atoms with E-state index in [1.54, 1.807) is 32.4 Å². The van der Waals surface area contributed by atoms with Crippen LogP contribution in [0.1, 0.15) is 17.9 Å². The number of piperidine rings is 1. The van der Waals surface area contributed by atoms with Gasteiger partial charge in [0, 0.05) is 17.5 Å². The molecule has 28 heavy (non-hydrogen) atoms. The van der Waals surface area contributed by atoms with Crippen molar-refractivity contribution < 1.29 is 19.4 Å². The summed E-state index contributed by atoms with van der Waals surface area (Å²) in [6.45, 7) is 1.35. The second kappa shape index (κ2) is 9.28. The highest BCUT2D eigenvalue weighted by molar-refractivity contribution is 6.31. The first-order valence-corrected chi connectivity index (χ1v) is 9.55. The second-order valence-corrected chi connectivity index (χ2v) is 7.30. The minimum atomic E-state index is -0.547. The van der Waals surface area contributed by atoms with Crippen LogP contribution in [-0.2, 0) is 4.79 Å². The highest BCUT2D eigenvalue weighted by Crippen LogP contribution is 2.31. The van der Waals surface area contributed by atoms with Gasteiger partial charge in [0.25, 0.3) is 0 Å². The van der Waals surface area contributed by atoms with Crippen LogP contribution < -0.4 is 14.8 Å². The average Bonchev–Trinajstić information content (AvgIpc) is 2.68. The van der Waals surface area contributed by atoms with Crippen molar-refractivity contribution in [1.29, 1.82) is 0 Å². The van der Waals surface area contributed by atoms with Gasteiger partial charge in [0.05, 0.1) is 32.6 Å². The number of aliphatic hydroxyl groups excluding tert-OH is 1. The summed E-state index contributed by atoms with van der Waals surface area (Å²) in [5.74, 6) is 1.19. The predicted molar refractivity (Wildman–Crippen MR) is 109 cm³/mol. The number of halogens is 1. The summed E-state index contributed by atoms with van der Waals surface area (Å²) in [5, 5.41) is 14.0. The quantitative estimate of drug-likeness (QED) is 0.773. The Kier molecular flexibility index (Phi) is 6.78. The van der Waals surface area contributed by atoms with E-state index < -0.39 is 6.10 Å². The van der Waals surface area contributed by atoms with E-state index in [0.29, 0.717) is 23.0 Å². The molecule has 0 unspecified atom stereocenters. The maximum atomic E-state index is 12.5. The molecule has 1 saturated heterocycles. The fraction of sp³-hybridized carbons (Fsp3) is 0.381. The van der Waals surface area contributed by atoms with Crippen molar-refractivity contribution in [1.82, 2.24) is 4.90 Å². The van der Waals surface area contributed by atoms with Crippen molar-refractivity contribution in [2.24, 2.45) is 0 Å². The largest absolute Gasteiger partial charge is 0.497 e. The SMILES string of the molecule is COc1cccc([C@H]2CCN(CC(=O)Nc3cc(Cl)ccc3OC)C[C@@H]2O)c1. The summed E-state index contributed by atoms with van der Waals surface area (Å²) in [6, 6.07) is 12.9. The van der Waals surface area contributed by atoms with Crippen LogP contribution in [-0.4, -0.2) is 55.9 Å². The van der Waals surface area contributed by atoms with E-state index in [1.807, 2.05) is 29.2 Å². The molecule has 1 amide bonds. The molecule has 0 spiro atoms. The number of β-amino-alcohol motifs (C(OH)–C–C–N with tert-alkyl or cyclic N) is 1. The minimum absolute atomic E-state index is 0.0300. The number of anilines is 1. The Morgan fingerprint density at radius 2 is 2.07 bits per heavy atom. The van der Waals surface area contributed by atoms with E-state index in [2.05, 4.69) is 5.32 Å². The van der Waals surface area contributed by atoms with Crippen LogP contribution in [0.15, 0.2) is 42.5 Å². The third-order valence-corrected chi connectivity index (χ3v) is 5.23. The summed E-state index contributed by atoms with van der Waals surface area (Å²) in [7, 11) is 3.17. The molecule has 2 N–H and O–H groups in total. The zero-order chi connectivity index (χ0) is 20.1. The molecule has 1 fully saturated rings. The lowest BCUT2D eigenvalue weighted by Crippen LogP contribution is -2.45. The number of likely N-dealkylation sites (tertiary alicyclic amines) is 1. The third kappa shape index (κ3) is 4.95. The Morgan fingerprint density at radius 3 is 2.79 bits per heavy atom. The summed E-state index contributed by atoms with van der Waals surface area (Å²) in [5.41, 5.74) is 1.59. The first kappa shape index (κ1) is 20.5. The number of hydrogen-bond acceptors (Lipinski definition) is 5. The molecule has 0 radical (unpaired) electrons. The molecule has 0 aliphatic carbocycles. The molecule has 150 valence electrons. The van der Waals surface area contributed by atoms with Gasteiger partial charge in [-0.25, -0.2) is 0 Å². The van der Waals surface area contributed by atoms with Crippen molar-refractivity contribution in [3.8, 4) is 11.5 Å².